The van der Waals surface area contributed by atoms with E-state index in [1.807, 2.05) is 6.92 Å². The van der Waals surface area contributed by atoms with Crippen molar-refractivity contribution in [1.82, 2.24) is 4.90 Å². The van der Waals surface area contributed by atoms with Crippen LogP contribution in [0.5, 0.6) is 0 Å². The van der Waals surface area contributed by atoms with E-state index in [1.54, 1.807) is 19.1 Å². The van der Waals surface area contributed by atoms with E-state index < -0.39 is 6.04 Å². The third-order valence-corrected chi connectivity index (χ3v) is 2.80. The number of ether oxygens (including phenoxy) is 2. The van der Waals surface area contributed by atoms with Crippen LogP contribution >= 0.6 is 0 Å². The van der Waals surface area contributed by atoms with E-state index in [-0.39, 0.29) is 11.9 Å². The third kappa shape index (κ3) is 6.33. The predicted molar refractivity (Wildman–Crippen MR) is 72.4 cm³/mol. The summed E-state index contributed by atoms with van der Waals surface area (Å²) in [5.41, 5.74) is 5.95. The average Bonchev–Trinajstić information content (AvgIpc) is 2.28. The van der Waals surface area contributed by atoms with Crippen LogP contribution in [0.1, 0.15) is 27.2 Å². The van der Waals surface area contributed by atoms with Crippen molar-refractivity contribution in [2.24, 2.45) is 11.7 Å². The molecule has 1 unspecified atom stereocenters. The number of carbonyl (C=O) groups excluding carboxylic acids is 1. The molecule has 5 heteroatoms. The minimum absolute atomic E-state index is 0.0101. The van der Waals surface area contributed by atoms with Crippen LogP contribution in [0, 0.1) is 5.92 Å². The summed E-state index contributed by atoms with van der Waals surface area (Å²) in [5.74, 6) is 0.385. The second kappa shape index (κ2) is 9.30. The van der Waals surface area contributed by atoms with Gasteiger partial charge < -0.3 is 20.1 Å². The Kier molecular flexibility index (Phi) is 8.97. The molecule has 0 fully saturated rings. The van der Waals surface area contributed by atoms with Gasteiger partial charge in [0.25, 0.3) is 0 Å². The van der Waals surface area contributed by atoms with Crippen molar-refractivity contribution in [3.63, 3.8) is 0 Å². The van der Waals surface area contributed by atoms with Crippen molar-refractivity contribution in [1.29, 1.82) is 0 Å². The molecule has 1 amide bonds. The number of hydrogen-bond donors (Lipinski definition) is 1. The highest BCUT2D eigenvalue weighted by Crippen LogP contribution is 2.09. The van der Waals surface area contributed by atoms with Gasteiger partial charge in [0.05, 0.1) is 25.3 Å². The average molecular weight is 260 g/mol. The molecule has 108 valence electrons. The Hall–Kier alpha value is -0.650. The largest absolute Gasteiger partial charge is 0.383 e. The van der Waals surface area contributed by atoms with Gasteiger partial charge in [0, 0.05) is 20.8 Å². The molecule has 18 heavy (non-hydrogen) atoms. The minimum Gasteiger partial charge on any atom is -0.383 e. The van der Waals surface area contributed by atoms with Crippen LogP contribution in [0.25, 0.3) is 0 Å². The molecule has 0 aliphatic carbocycles. The van der Waals surface area contributed by atoms with Gasteiger partial charge in [-0.3, -0.25) is 4.79 Å². The van der Waals surface area contributed by atoms with Crippen LogP contribution in [0.4, 0.5) is 0 Å². The monoisotopic (exact) mass is 260 g/mol. The lowest BCUT2D eigenvalue weighted by atomic mass is 10.0. The highest BCUT2D eigenvalue weighted by molar-refractivity contribution is 5.82. The zero-order valence-corrected chi connectivity index (χ0v) is 12.3. The van der Waals surface area contributed by atoms with E-state index in [0.29, 0.717) is 32.1 Å². The Labute approximate surface area is 111 Å². The second-order valence-corrected chi connectivity index (χ2v) is 5.06. The second-order valence-electron chi connectivity index (χ2n) is 5.06. The van der Waals surface area contributed by atoms with Crippen LogP contribution in [0.15, 0.2) is 0 Å². The molecule has 0 saturated heterocycles. The van der Waals surface area contributed by atoms with Crippen LogP contribution in [-0.4, -0.2) is 56.9 Å². The zero-order chi connectivity index (χ0) is 14.1. The molecule has 0 saturated carbocycles. The highest BCUT2D eigenvalue weighted by atomic mass is 16.5. The minimum atomic E-state index is -0.443. The van der Waals surface area contributed by atoms with Crippen molar-refractivity contribution < 1.29 is 14.3 Å². The Morgan fingerprint density at radius 3 is 2.28 bits per heavy atom. The van der Waals surface area contributed by atoms with Gasteiger partial charge in [-0.05, 0) is 19.3 Å². The Bertz CT molecular complexity index is 234. The maximum absolute atomic E-state index is 12.3. The van der Waals surface area contributed by atoms with Gasteiger partial charge >= 0.3 is 0 Å². The van der Waals surface area contributed by atoms with Crippen LogP contribution in [-0.2, 0) is 14.3 Å². The third-order valence-electron chi connectivity index (χ3n) is 2.80. The summed E-state index contributed by atoms with van der Waals surface area (Å²) in [4.78, 5) is 14.0. The molecule has 0 bridgehead atoms. The summed E-state index contributed by atoms with van der Waals surface area (Å²) < 4.78 is 10.1. The highest BCUT2D eigenvalue weighted by Gasteiger charge is 2.25. The number of amides is 1. The fourth-order valence-electron chi connectivity index (χ4n) is 1.89. The molecule has 0 aromatic rings. The maximum atomic E-state index is 12.3. The summed E-state index contributed by atoms with van der Waals surface area (Å²) in [6.45, 7) is 7.64. The molecule has 0 heterocycles. The first-order valence-electron chi connectivity index (χ1n) is 6.47. The summed E-state index contributed by atoms with van der Waals surface area (Å²) in [7, 11) is 3.25. The number of hydrogen-bond acceptors (Lipinski definition) is 4. The lowest BCUT2D eigenvalue weighted by Gasteiger charge is -2.31. The molecule has 2 N–H and O–H groups in total. The predicted octanol–water partition coefficient (Wildman–Crippen LogP) is 0.870. The number of rotatable bonds is 9. The van der Waals surface area contributed by atoms with E-state index in [0.717, 1.165) is 0 Å². The van der Waals surface area contributed by atoms with Gasteiger partial charge in [-0.15, -0.1) is 0 Å². The molecular weight excluding hydrogens is 232 g/mol. The van der Waals surface area contributed by atoms with Crippen molar-refractivity contribution in [3.8, 4) is 0 Å². The fraction of sp³-hybridized carbons (Fsp3) is 0.923. The topological polar surface area (TPSA) is 64.8 Å². The molecular formula is C13H28N2O3. The molecule has 0 aromatic heterocycles. The van der Waals surface area contributed by atoms with Crippen molar-refractivity contribution in [2.75, 3.05) is 34.0 Å². The lowest BCUT2D eigenvalue weighted by molar-refractivity contribution is -0.136. The normalized spacial score (nSPS) is 14.6. The fourth-order valence-corrected chi connectivity index (χ4v) is 1.89. The molecule has 0 spiro atoms. The van der Waals surface area contributed by atoms with E-state index in [4.69, 9.17) is 15.2 Å². The van der Waals surface area contributed by atoms with Gasteiger partial charge in [0.15, 0.2) is 0 Å². The van der Waals surface area contributed by atoms with Crippen molar-refractivity contribution in [2.45, 2.75) is 39.3 Å². The first-order valence-corrected chi connectivity index (χ1v) is 6.47. The lowest BCUT2D eigenvalue weighted by Crippen LogP contribution is -2.50. The van der Waals surface area contributed by atoms with Gasteiger partial charge in [0.2, 0.25) is 5.91 Å². The van der Waals surface area contributed by atoms with E-state index in [9.17, 15) is 4.79 Å². The van der Waals surface area contributed by atoms with Crippen LogP contribution in [0.2, 0.25) is 0 Å². The van der Waals surface area contributed by atoms with Crippen molar-refractivity contribution in [3.05, 3.63) is 0 Å². The number of nitrogens with zero attached hydrogens (tertiary/aromatic N) is 1. The standard InChI is InChI=1S/C13H28N2O3/c1-10(2)8-12(14)13(16)15(6-7-17-4)11(3)9-18-5/h10-12H,6-9,14H2,1-5H3/t11?,12-/m1/s1. The summed E-state index contributed by atoms with van der Waals surface area (Å²) in [6, 6.07) is -0.433. The van der Waals surface area contributed by atoms with E-state index in [2.05, 4.69) is 13.8 Å². The SMILES string of the molecule is COCCN(C(=O)[C@H](N)CC(C)C)C(C)COC. The van der Waals surface area contributed by atoms with Crippen LogP contribution in [0.3, 0.4) is 0 Å². The molecule has 0 aromatic carbocycles. The van der Waals surface area contributed by atoms with E-state index in [1.165, 1.54) is 0 Å². The summed E-state index contributed by atoms with van der Waals surface area (Å²) in [6.07, 6.45) is 0.696. The van der Waals surface area contributed by atoms with Gasteiger partial charge in [-0.2, -0.15) is 0 Å². The van der Waals surface area contributed by atoms with Gasteiger partial charge in [-0.1, -0.05) is 13.8 Å². The van der Waals surface area contributed by atoms with E-state index >= 15 is 0 Å². The number of carbonyl (C=O) groups is 1. The van der Waals surface area contributed by atoms with Crippen molar-refractivity contribution >= 4 is 5.91 Å². The van der Waals surface area contributed by atoms with Gasteiger partial charge in [-0.25, -0.2) is 0 Å². The Morgan fingerprint density at radius 2 is 1.83 bits per heavy atom. The number of nitrogens with two attached hydrogens (primary N) is 1. The van der Waals surface area contributed by atoms with Gasteiger partial charge in [0.1, 0.15) is 0 Å². The molecule has 0 aliphatic rings. The smallest absolute Gasteiger partial charge is 0.239 e. The first-order chi connectivity index (χ1) is 8.43. The molecule has 5 nitrogen and oxygen atoms in total. The molecule has 2 atom stereocenters. The number of methoxy groups -OCH3 is 2. The Morgan fingerprint density at radius 1 is 1.22 bits per heavy atom. The summed E-state index contributed by atoms with van der Waals surface area (Å²) >= 11 is 0. The molecule has 0 rings (SSSR count). The first kappa shape index (κ1) is 17.4. The zero-order valence-electron chi connectivity index (χ0n) is 12.3. The van der Waals surface area contributed by atoms with Crippen LogP contribution < -0.4 is 5.73 Å². The molecule has 0 aliphatic heterocycles. The quantitative estimate of drug-likeness (QED) is 0.668. The summed E-state index contributed by atoms with van der Waals surface area (Å²) in [5, 5.41) is 0. The Balaban J connectivity index is 4.56. The molecule has 0 radical (unpaired) electrons. The maximum Gasteiger partial charge on any atom is 0.239 e.